The molecule has 0 aliphatic carbocycles. The highest BCUT2D eigenvalue weighted by molar-refractivity contribution is 5.68. The Hall–Kier alpha value is -1.84. The molecular weight excluding hydrogens is 258 g/mol. The Balaban J connectivity index is 1.81. The summed E-state index contributed by atoms with van der Waals surface area (Å²) in [6.45, 7) is 5.63. The van der Waals surface area contributed by atoms with E-state index >= 15 is 0 Å². The molecule has 110 valence electrons. The van der Waals surface area contributed by atoms with Crippen LogP contribution in [0.25, 0.3) is 11.1 Å². The molecular formula is C18H23N3. The molecule has 1 aliphatic rings. The van der Waals surface area contributed by atoms with E-state index in [0.717, 1.165) is 38.4 Å². The highest BCUT2D eigenvalue weighted by Crippen LogP contribution is 2.25. The molecule has 0 bridgehead atoms. The van der Waals surface area contributed by atoms with E-state index in [0.29, 0.717) is 0 Å². The number of benzene rings is 2. The van der Waals surface area contributed by atoms with Gasteiger partial charge >= 0.3 is 0 Å². The second kappa shape index (κ2) is 6.29. The van der Waals surface area contributed by atoms with Gasteiger partial charge < -0.3 is 10.6 Å². The number of nitrogen functional groups attached to an aromatic ring is 1. The molecule has 0 spiro atoms. The van der Waals surface area contributed by atoms with Crippen LogP contribution >= 0.6 is 0 Å². The lowest BCUT2D eigenvalue weighted by Crippen LogP contribution is -2.43. The van der Waals surface area contributed by atoms with Crippen LogP contribution in [0, 0.1) is 0 Å². The zero-order valence-electron chi connectivity index (χ0n) is 12.6. The van der Waals surface area contributed by atoms with E-state index in [1.54, 1.807) is 0 Å². The minimum atomic E-state index is 0.815. The van der Waals surface area contributed by atoms with Gasteiger partial charge in [-0.25, -0.2) is 0 Å². The standard InChI is InChI=1S/C18H23N3/c1-20-10-12-21(13-11-20)14-16-4-2-3-5-18(16)15-6-8-17(19)9-7-15/h2-9H,10-14,19H2,1H3. The largest absolute Gasteiger partial charge is 0.399 e. The van der Waals surface area contributed by atoms with Crippen LogP contribution in [0.4, 0.5) is 5.69 Å². The molecule has 1 aliphatic heterocycles. The van der Waals surface area contributed by atoms with Gasteiger partial charge in [-0.2, -0.15) is 0 Å². The Kier molecular flexibility index (Phi) is 4.23. The molecule has 0 radical (unpaired) electrons. The van der Waals surface area contributed by atoms with E-state index in [4.69, 9.17) is 5.73 Å². The van der Waals surface area contributed by atoms with E-state index in [-0.39, 0.29) is 0 Å². The van der Waals surface area contributed by atoms with Gasteiger partial charge in [0.05, 0.1) is 0 Å². The predicted molar refractivity (Wildman–Crippen MR) is 89.1 cm³/mol. The summed E-state index contributed by atoms with van der Waals surface area (Å²) in [4.78, 5) is 4.93. The van der Waals surface area contributed by atoms with E-state index in [1.165, 1.54) is 16.7 Å². The van der Waals surface area contributed by atoms with Crippen LogP contribution in [-0.2, 0) is 6.54 Å². The molecule has 1 heterocycles. The molecule has 2 aromatic rings. The molecule has 2 N–H and O–H groups in total. The van der Waals surface area contributed by atoms with Gasteiger partial charge in [0, 0.05) is 38.4 Å². The number of piperazine rings is 1. The SMILES string of the molecule is CN1CCN(Cc2ccccc2-c2ccc(N)cc2)CC1. The normalized spacial score (nSPS) is 17.0. The molecule has 21 heavy (non-hydrogen) atoms. The van der Waals surface area contributed by atoms with Crippen LogP contribution in [0.2, 0.25) is 0 Å². The lowest BCUT2D eigenvalue weighted by Gasteiger charge is -2.32. The molecule has 0 amide bonds. The van der Waals surface area contributed by atoms with Gasteiger partial charge in [-0.3, -0.25) is 4.90 Å². The third kappa shape index (κ3) is 3.43. The van der Waals surface area contributed by atoms with Crippen molar-refractivity contribution in [2.75, 3.05) is 39.0 Å². The van der Waals surface area contributed by atoms with Crippen molar-refractivity contribution >= 4 is 5.69 Å². The molecule has 3 heteroatoms. The topological polar surface area (TPSA) is 32.5 Å². The van der Waals surface area contributed by atoms with Crippen LogP contribution in [0.1, 0.15) is 5.56 Å². The number of anilines is 1. The third-order valence-corrected chi connectivity index (χ3v) is 4.23. The fourth-order valence-corrected chi connectivity index (χ4v) is 2.85. The van der Waals surface area contributed by atoms with Gasteiger partial charge in [-0.1, -0.05) is 36.4 Å². The number of hydrogen-bond donors (Lipinski definition) is 1. The first-order chi connectivity index (χ1) is 10.2. The Labute approximate surface area is 127 Å². The van der Waals surface area contributed by atoms with Gasteiger partial charge in [0.25, 0.3) is 0 Å². The van der Waals surface area contributed by atoms with Crippen molar-refractivity contribution in [1.29, 1.82) is 0 Å². The first kappa shape index (κ1) is 14.1. The maximum atomic E-state index is 5.79. The smallest absolute Gasteiger partial charge is 0.0314 e. The highest BCUT2D eigenvalue weighted by Gasteiger charge is 2.15. The minimum absolute atomic E-state index is 0.815. The lowest BCUT2D eigenvalue weighted by molar-refractivity contribution is 0.148. The van der Waals surface area contributed by atoms with Crippen LogP contribution in [-0.4, -0.2) is 43.0 Å². The summed E-state index contributed by atoms with van der Waals surface area (Å²) in [5, 5.41) is 0. The van der Waals surface area contributed by atoms with Gasteiger partial charge in [0.2, 0.25) is 0 Å². The van der Waals surface area contributed by atoms with Gasteiger partial charge in [-0.05, 0) is 35.9 Å². The number of hydrogen-bond acceptors (Lipinski definition) is 3. The van der Waals surface area contributed by atoms with Crippen LogP contribution < -0.4 is 5.73 Å². The van der Waals surface area contributed by atoms with E-state index in [9.17, 15) is 0 Å². The summed E-state index contributed by atoms with van der Waals surface area (Å²) in [5.74, 6) is 0. The van der Waals surface area contributed by atoms with E-state index < -0.39 is 0 Å². The van der Waals surface area contributed by atoms with E-state index in [2.05, 4.69) is 53.2 Å². The van der Waals surface area contributed by atoms with Gasteiger partial charge in [0.1, 0.15) is 0 Å². The van der Waals surface area contributed by atoms with Crippen molar-refractivity contribution in [3.05, 3.63) is 54.1 Å². The lowest BCUT2D eigenvalue weighted by atomic mass is 9.99. The Morgan fingerprint density at radius 3 is 2.29 bits per heavy atom. The number of rotatable bonds is 3. The fourth-order valence-electron chi connectivity index (χ4n) is 2.85. The van der Waals surface area contributed by atoms with Gasteiger partial charge in [-0.15, -0.1) is 0 Å². The fraction of sp³-hybridized carbons (Fsp3) is 0.333. The third-order valence-electron chi connectivity index (χ3n) is 4.23. The molecule has 0 unspecified atom stereocenters. The number of nitrogens with two attached hydrogens (primary N) is 1. The molecule has 1 saturated heterocycles. The van der Waals surface area contributed by atoms with Crippen molar-refractivity contribution < 1.29 is 0 Å². The van der Waals surface area contributed by atoms with Crippen molar-refractivity contribution in [3.8, 4) is 11.1 Å². The second-order valence-corrected chi connectivity index (χ2v) is 5.86. The van der Waals surface area contributed by atoms with Crippen molar-refractivity contribution in [2.24, 2.45) is 0 Å². The van der Waals surface area contributed by atoms with Crippen molar-refractivity contribution in [1.82, 2.24) is 9.80 Å². The molecule has 3 nitrogen and oxygen atoms in total. The Morgan fingerprint density at radius 2 is 1.57 bits per heavy atom. The quantitative estimate of drug-likeness (QED) is 0.878. The van der Waals surface area contributed by atoms with Crippen LogP contribution in [0.15, 0.2) is 48.5 Å². The van der Waals surface area contributed by atoms with Gasteiger partial charge in [0.15, 0.2) is 0 Å². The minimum Gasteiger partial charge on any atom is -0.399 e. The first-order valence-corrected chi connectivity index (χ1v) is 7.57. The average Bonchev–Trinajstić information content (AvgIpc) is 2.51. The summed E-state index contributed by atoms with van der Waals surface area (Å²) < 4.78 is 0. The van der Waals surface area contributed by atoms with Crippen molar-refractivity contribution in [2.45, 2.75) is 6.54 Å². The summed E-state index contributed by atoms with van der Waals surface area (Å²) in [6.07, 6.45) is 0. The Bertz CT molecular complexity index is 584. The average molecular weight is 281 g/mol. The van der Waals surface area contributed by atoms with E-state index in [1.807, 2.05) is 12.1 Å². The maximum absolute atomic E-state index is 5.79. The molecule has 0 atom stereocenters. The zero-order chi connectivity index (χ0) is 14.7. The summed E-state index contributed by atoms with van der Waals surface area (Å²) in [7, 11) is 2.19. The molecule has 3 rings (SSSR count). The monoisotopic (exact) mass is 281 g/mol. The summed E-state index contributed by atoms with van der Waals surface area (Å²) in [5.41, 5.74) is 10.6. The molecule has 2 aromatic carbocycles. The second-order valence-electron chi connectivity index (χ2n) is 5.86. The summed E-state index contributed by atoms with van der Waals surface area (Å²) in [6, 6.07) is 16.9. The predicted octanol–water partition coefficient (Wildman–Crippen LogP) is 2.68. The van der Waals surface area contributed by atoms with Crippen molar-refractivity contribution in [3.63, 3.8) is 0 Å². The Morgan fingerprint density at radius 1 is 0.905 bits per heavy atom. The first-order valence-electron chi connectivity index (χ1n) is 7.57. The molecule has 0 saturated carbocycles. The van der Waals surface area contributed by atoms with Crippen LogP contribution in [0.5, 0.6) is 0 Å². The number of nitrogens with zero attached hydrogens (tertiary/aromatic N) is 2. The zero-order valence-corrected chi connectivity index (χ0v) is 12.6. The molecule has 0 aromatic heterocycles. The van der Waals surface area contributed by atoms with Crippen LogP contribution in [0.3, 0.4) is 0 Å². The summed E-state index contributed by atoms with van der Waals surface area (Å²) >= 11 is 0. The highest BCUT2D eigenvalue weighted by atomic mass is 15.2. The molecule has 1 fully saturated rings. The number of likely N-dealkylation sites (N-methyl/N-ethyl adjacent to an activating group) is 1. The maximum Gasteiger partial charge on any atom is 0.0314 e.